The zero-order valence-electron chi connectivity index (χ0n) is 15.8. The van der Waals surface area contributed by atoms with Crippen LogP contribution in [-0.2, 0) is 9.53 Å². The van der Waals surface area contributed by atoms with Crippen molar-refractivity contribution in [3.8, 4) is 0 Å². The lowest BCUT2D eigenvalue weighted by Gasteiger charge is -2.32. The van der Waals surface area contributed by atoms with Gasteiger partial charge >= 0.3 is 6.09 Å². The topological polar surface area (TPSA) is 87.7 Å². The van der Waals surface area contributed by atoms with E-state index in [4.69, 9.17) is 4.74 Å². The van der Waals surface area contributed by atoms with Crippen LogP contribution in [0, 0.1) is 11.3 Å². The van der Waals surface area contributed by atoms with E-state index in [0.717, 1.165) is 0 Å². The summed E-state index contributed by atoms with van der Waals surface area (Å²) in [6, 6.07) is -1.08. The quantitative estimate of drug-likeness (QED) is 0.698. The van der Waals surface area contributed by atoms with Crippen LogP contribution in [0.15, 0.2) is 0 Å². The molecule has 0 aliphatic heterocycles. The van der Waals surface area contributed by atoms with E-state index in [1.165, 1.54) is 0 Å². The van der Waals surface area contributed by atoms with Crippen molar-refractivity contribution in [1.82, 2.24) is 10.6 Å². The van der Waals surface area contributed by atoms with Crippen LogP contribution in [0.1, 0.15) is 61.8 Å². The summed E-state index contributed by atoms with van der Waals surface area (Å²) in [5.74, 6) is 0.0300. The Morgan fingerprint density at radius 2 is 1.57 bits per heavy atom. The van der Waals surface area contributed by atoms with E-state index in [2.05, 4.69) is 10.6 Å². The zero-order valence-corrected chi connectivity index (χ0v) is 15.8. The minimum Gasteiger partial charge on any atom is -0.444 e. The summed E-state index contributed by atoms with van der Waals surface area (Å²) in [6.45, 7) is 14.8. The van der Waals surface area contributed by atoms with Gasteiger partial charge in [-0.1, -0.05) is 34.6 Å². The van der Waals surface area contributed by atoms with Gasteiger partial charge in [0.15, 0.2) is 0 Å². The van der Waals surface area contributed by atoms with Gasteiger partial charge in [-0.15, -0.1) is 0 Å². The van der Waals surface area contributed by atoms with E-state index in [1.807, 2.05) is 34.6 Å². The van der Waals surface area contributed by atoms with Gasteiger partial charge in [-0.25, -0.2) is 4.79 Å². The van der Waals surface area contributed by atoms with E-state index in [-0.39, 0.29) is 18.6 Å². The first kappa shape index (κ1) is 21.7. The SMILES string of the molecule is CC(C)C[C@@H](CO)NC(=O)[C@@H](NC(=O)OC(C)(C)C)C(C)(C)C. The molecule has 0 aromatic rings. The second-order valence-corrected chi connectivity index (χ2v) is 8.46. The summed E-state index contributed by atoms with van der Waals surface area (Å²) in [6.07, 6.45) is 0.0444. The molecule has 2 amide bonds. The van der Waals surface area contributed by atoms with Crippen molar-refractivity contribution in [3.05, 3.63) is 0 Å². The predicted molar refractivity (Wildman–Crippen MR) is 91.1 cm³/mol. The Hall–Kier alpha value is -1.30. The molecule has 0 fully saturated rings. The molecule has 0 heterocycles. The molecule has 0 bridgehead atoms. The minimum absolute atomic E-state index is 0.132. The molecule has 6 nitrogen and oxygen atoms in total. The van der Waals surface area contributed by atoms with E-state index in [1.54, 1.807) is 20.8 Å². The van der Waals surface area contributed by atoms with Crippen molar-refractivity contribution >= 4 is 12.0 Å². The van der Waals surface area contributed by atoms with Crippen LogP contribution in [-0.4, -0.2) is 41.4 Å². The van der Waals surface area contributed by atoms with Crippen LogP contribution < -0.4 is 10.6 Å². The molecule has 0 radical (unpaired) electrons. The third-order valence-electron chi connectivity index (χ3n) is 3.11. The summed E-state index contributed by atoms with van der Waals surface area (Å²) in [4.78, 5) is 24.5. The third kappa shape index (κ3) is 9.43. The molecule has 2 atom stereocenters. The highest BCUT2D eigenvalue weighted by molar-refractivity contribution is 5.86. The molecule has 3 N–H and O–H groups in total. The second-order valence-electron chi connectivity index (χ2n) is 8.46. The van der Waals surface area contributed by atoms with E-state index in [9.17, 15) is 14.7 Å². The number of aliphatic hydroxyl groups excluding tert-OH is 1. The van der Waals surface area contributed by atoms with Gasteiger partial charge in [-0.3, -0.25) is 4.79 Å². The Labute approximate surface area is 140 Å². The Balaban J connectivity index is 4.97. The maximum atomic E-state index is 12.5. The zero-order chi connectivity index (χ0) is 18.4. The molecule has 0 rings (SSSR count). The molecule has 136 valence electrons. The largest absolute Gasteiger partial charge is 0.444 e. The molecule has 0 aliphatic rings. The molecular formula is C17H34N2O4. The highest BCUT2D eigenvalue weighted by Gasteiger charge is 2.35. The molecule has 0 aliphatic carbocycles. The number of rotatable bonds is 6. The van der Waals surface area contributed by atoms with Crippen LogP contribution in [0.25, 0.3) is 0 Å². The molecule has 0 saturated heterocycles. The lowest BCUT2D eigenvalue weighted by Crippen LogP contribution is -2.56. The minimum atomic E-state index is -0.751. The summed E-state index contributed by atoms with van der Waals surface area (Å²) in [5, 5.41) is 14.9. The molecule has 23 heavy (non-hydrogen) atoms. The molecule has 0 spiro atoms. The number of carbonyl (C=O) groups excluding carboxylic acids is 2. The number of amides is 2. The standard InChI is InChI=1S/C17H34N2O4/c1-11(2)9-12(10-20)18-14(21)13(16(3,4)5)19-15(22)23-17(6,7)8/h11-13,20H,9-10H2,1-8H3,(H,18,21)(H,19,22)/t12-,13+/m0/s1. The highest BCUT2D eigenvalue weighted by atomic mass is 16.6. The summed E-state index contributed by atoms with van der Waals surface area (Å²) >= 11 is 0. The van der Waals surface area contributed by atoms with Gasteiger partial charge in [-0.05, 0) is 38.5 Å². The Kier molecular flexibility index (Phi) is 8.04. The molecule has 0 saturated carbocycles. The number of ether oxygens (including phenoxy) is 1. The van der Waals surface area contributed by atoms with Crippen LogP contribution in [0.4, 0.5) is 4.79 Å². The molecule has 0 aromatic carbocycles. The van der Waals surface area contributed by atoms with Gasteiger partial charge in [0.25, 0.3) is 0 Å². The van der Waals surface area contributed by atoms with E-state index >= 15 is 0 Å². The lowest BCUT2D eigenvalue weighted by molar-refractivity contribution is -0.126. The van der Waals surface area contributed by atoms with Gasteiger partial charge in [-0.2, -0.15) is 0 Å². The van der Waals surface area contributed by atoms with Gasteiger partial charge < -0.3 is 20.5 Å². The molecular weight excluding hydrogens is 296 g/mol. The number of carbonyl (C=O) groups is 2. The van der Waals surface area contributed by atoms with Gasteiger partial charge in [0.05, 0.1) is 12.6 Å². The van der Waals surface area contributed by atoms with Crippen LogP contribution in [0.3, 0.4) is 0 Å². The Morgan fingerprint density at radius 1 is 1.04 bits per heavy atom. The van der Waals surface area contributed by atoms with E-state index < -0.39 is 23.2 Å². The van der Waals surface area contributed by atoms with E-state index in [0.29, 0.717) is 12.3 Å². The number of alkyl carbamates (subject to hydrolysis) is 1. The van der Waals surface area contributed by atoms with Crippen molar-refractivity contribution in [3.63, 3.8) is 0 Å². The van der Waals surface area contributed by atoms with Crippen molar-refractivity contribution < 1.29 is 19.4 Å². The predicted octanol–water partition coefficient (Wildman–Crippen LogP) is 2.45. The fraction of sp³-hybridized carbons (Fsp3) is 0.882. The average molecular weight is 330 g/mol. The number of nitrogens with one attached hydrogen (secondary N) is 2. The first-order chi connectivity index (χ1) is 10.3. The molecule has 6 heteroatoms. The second kappa shape index (κ2) is 8.52. The average Bonchev–Trinajstić information content (AvgIpc) is 2.30. The first-order valence-electron chi connectivity index (χ1n) is 8.17. The fourth-order valence-electron chi connectivity index (χ4n) is 2.13. The number of aliphatic hydroxyl groups is 1. The smallest absolute Gasteiger partial charge is 0.408 e. The normalized spacial score (nSPS) is 15.0. The highest BCUT2D eigenvalue weighted by Crippen LogP contribution is 2.20. The van der Waals surface area contributed by atoms with Crippen molar-refractivity contribution in [2.45, 2.75) is 79.5 Å². The maximum absolute atomic E-state index is 12.5. The lowest BCUT2D eigenvalue weighted by atomic mass is 9.86. The van der Waals surface area contributed by atoms with Gasteiger partial charge in [0.2, 0.25) is 5.91 Å². The first-order valence-corrected chi connectivity index (χ1v) is 8.17. The van der Waals surface area contributed by atoms with Crippen molar-refractivity contribution in [2.24, 2.45) is 11.3 Å². The molecule has 0 unspecified atom stereocenters. The summed E-state index contributed by atoms with van der Waals surface area (Å²) in [5.41, 5.74) is -1.12. The third-order valence-corrected chi connectivity index (χ3v) is 3.11. The fourth-order valence-corrected chi connectivity index (χ4v) is 2.13. The molecule has 0 aromatic heterocycles. The number of hydrogen-bond acceptors (Lipinski definition) is 4. The summed E-state index contributed by atoms with van der Waals surface area (Å²) < 4.78 is 5.23. The van der Waals surface area contributed by atoms with Crippen molar-refractivity contribution in [1.29, 1.82) is 0 Å². The maximum Gasteiger partial charge on any atom is 0.408 e. The van der Waals surface area contributed by atoms with Crippen LogP contribution >= 0.6 is 0 Å². The Morgan fingerprint density at radius 3 is 1.91 bits per heavy atom. The van der Waals surface area contributed by atoms with Crippen molar-refractivity contribution in [2.75, 3.05) is 6.61 Å². The van der Waals surface area contributed by atoms with Crippen LogP contribution in [0.5, 0.6) is 0 Å². The van der Waals surface area contributed by atoms with Gasteiger partial charge in [0.1, 0.15) is 11.6 Å². The summed E-state index contributed by atoms with van der Waals surface area (Å²) in [7, 11) is 0. The Bertz CT molecular complexity index is 394. The monoisotopic (exact) mass is 330 g/mol. The van der Waals surface area contributed by atoms with Crippen LogP contribution in [0.2, 0.25) is 0 Å². The number of hydrogen-bond donors (Lipinski definition) is 3. The van der Waals surface area contributed by atoms with Gasteiger partial charge in [0, 0.05) is 0 Å².